The minimum Gasteiger partial charge on any atom is -0.481 e. The Hall–Kier alpha value is -1.36. The topological polar surface area (TPSA) is 73.1 Å². The summed E-state index contributed by atoms with van der Waals surface area (Å²) in [6.07, 6.45) is 0. The molecule has 0 aliphatic heterocycles. The molecule has 1 aromatic heterocycles. The maximum atomic E-state index is 5.60. The molecule has 0 fully saturated rings. The van der Waals surface area contributed by atoms with Gasteiger partial charge in [-0.15, -0.1) is 0 Å². The van der Waals surface area contributed by atoms with E-state index in [0.717, 1.165) is 5.69 Å². The minimum absolute atomic E-state index is 0.0742. The molecule has 0 aromatic carbocycles. The summed E-state index contributed by atoms with van der Waals surface area (Å²) in [4.78, 5) is 8.32. The van der Waals surface area contributed by atoms with Crippen molar-refractivity contribution in [1.82, 2.24) is 9.97 Å². The lowest BCUT2D eigenvalue weighted by Gasteiger charge is -2.08. The van der Waals surface area contributed by atoms with Crippen LogP contribution in [0.25, 0.3) is 0 Å². The van der Waals surface area contributed by atoms with E-state index >= 15 is 0 Å². The van der Waals surface area contributed by atoms with Crippen molar-refractivity contribution in [1.29, 1.82) is 0 Å². The number of aromatic nitrogens is 2. The number of aryl methyl sites for hydroxylation is 1. The molecule has 5 heteroatoms. The van der Waals surface area contributed by atoms with E-state index < -0.39 is 0 Å². The van der Waals surface area contributed by atoms with Gasteiger partial charge in [-0.05, 0) is 13.8 Å². The van der Waals surface area contributed by atoms with Gasteiger partial charge in [-0.25, -0.2) is 4.98 Å². The maximum Gasteiger partial charge on any atom is 0.226 e. The van der Waals surface area contributed by atoms with Crippen molar-refractivity contribution >= 4 is 5.95 Å². The monoisotopic (exact) mass is 196 g/mol. The number of nitrogens with zero attached hydrogens (tertiary/aromatic N) is 2. The molecule has 0 aliphatic rings. The van der Waals surface area contributed by atoms with Gasteiger partial charge in [0.1, 0.15) is 0 Å². The van der Waals surface area contributed by atoms with Gasteiger partial charge in [-0.3, -0.25) is 0 Å². The van der Waals surface area contributed by atoms with Crippen LogP contribution in [-0.2, 0) is 0 Å². The largest absolute Gasteiger partial charge is 0.481 e. The summed E-state index contributed by atoms with van der Waals surface area (Å²) in [5.41, 5.74) is 6.46. The summed E-state index contributed by atoms with van der Waals surface area (Å²) in [6.45, 7) is 4.45. The number of rotatable bonds is 4. The molecule has 14 heavy (non-hydrogen) atoms. The highest BCUT2D eigenvalue weighted by Crippen LogP contribution is 2.10. The predicted molar refractivity (Wildman–Crippen MR) is 55.5 cm³/mol. The Morgan fingerprint density at radius 2 is 2.29 bits per heavy atom. The molecule has 78 valence electrons. The highest BCUT2D eigenvalue weighted by molar-refractivity contribution is 5.30. The van der Waals surface area contributed by atoms with Crippen LogP contribution < -0.4 is 15.8 Å². The molecule has 1 rings (SSSR count). The van der Waals surface area contributed by atoms with Crippen LogP contribution in [0.1, 0.15) is 12.6 Å². The van der Waals surface area contributed by atoms with Gasteiger partial charge in [0.2, 0.25) is 11.8 Å². The molecule has 0 aliphatic carbocycles. The first-order valence-corrected chi connectivity index (χ1v) is 4.51. The van der Waals surface area contributed by atoms with Gasteiger partial charge < -0.3 is 15.8 Å². The fourth-order valence-corrected chi connectivity index (χ4v) is 0.976. The maximum absolute atomic E-state index is 5.60. The summed E-state index contributed by atoms with van der Waals surface area (Å²) < 4.78 is 5.02. The Morgan fingerprint density at radius 3 is 2.86 bits per heavy atom. The zero-order chi connectivity index (χ0) is 10.6. The van der Waals surface area contributed by atoms with Gasteiger partial charge in [0, 0.05) is 24.3 Å². The number of nitrogens with one attached hydrogen (secondary N) is 1. The number of ether oxygens (including phenoxy) is 1. The number of methoxy groups -OCH3 is 1. The van der Waals surface area contributed by atoms with Gasteiger partial charge in [-0.1, -0.05) is 0 Å². The van der Waals surface area contributed by atoms with Crippen LogP contribution in [0.2, 0.25) is 0 Å². The normalized spacial score (nSPS) is 12.3. The molecule has 1 heterocycles. The Labute approximate surface area is 83.7 Å². The van der Waals surface area contributed by atoms with E-state index in [1.54, 1.807) is 13.2 Å². The second kappa shape index (κ2) is 4.76. The summed E-state index contributed by atoms with van der Waals surface area (Å²) >= 11 is 0. The van der Waals surface area contributed by atoms with Crippen LogP contribution in [0.4, 0.5) is 5.95 Å². The van der Waals surface area contributed by atoms with Gasteiger partial charge in [-0.2, -0.15) is 4.98 Å². The van der Waals surface area contributed by atoms with E-state index in [-0.39, 0.29) is 6.04 Å². The molecule has 5 nitrogen and oxygen atoms in total. The summed E-state index contributed by atoms with van der Waals surface area (Å²) in [5.74, 6) is 1.11. The summed E-state index contributed by atoms with van der Waals surface area (Å²) in [5, 5.41) is 3.03. The zero-order valence-corrected chi connectivity index (χ0v) is 8.74. The average Bonchev–Trinajstić information content (AvgIpc) is 2.14. The second-order valence-electron chi connectivity index (χ2n) is 3.23. The molecule has 1 atom stereocenters. The van der Waals surface area contributed by atoms with E-state index in [4.69, 9.17) is 10.5 Å². The molecular formula is C9H16N4O. The minimum atomic E-state index is 0.0742. The molecule has 1 unspecified atom stereocenters. The van der Waals surface area contributed by atoms with Gasteiger partial charge in [0.05, 0.1) is 7.11 Å². The van der Waals surface area contributed by atoms with E-state index in [9.17, 15) is 0 Å². The molecular weight excluding hydrogens is 180 g/mol. The Morgan fingerprint density at radius 1 is 1.57 bits per heavy atom. The molecule has 0 saturated heterocycles. The first kappa shape index (κ1) is 10.7. The van der Waals surface area contributed by atoms with Crippen molar-refractivity contribution in [2.45, 2.75) is 19.9 Å². The van der Waals surface area contributed by atoms with Crippen LogP contribution in [0, 0.1) is 6.92 Å². The number of hydrogen-bond donors (Lipinski definition) is 2. The van der Waals surface area contributed by atoms with Crippen molar-refractivity contribution in [3.63, 3.8) is 0 Å². The second-order valence-corrected chi connectivity index (χ2v) is 3.23. The van der Waals surface area contributed by atoms with E-state index in [1.807, 2.05) is 13.8 Å². The van der Waals surface area contributed by atoms with Crippen molar-refractivity contribution in [2.24, 2.45) is 5.73 Å². The van der Waals surface area contributed by atoms with Crippen LogP contribution in [0.5, 0.6) is 5.88 Å². The van der Waals surface area contributed by atoms with Crippen LogP contribution in [-0.4, -0.2) is 29.7 Å². The molecule has 0 amide bonds. The average molecular weight is 196 g/mol. The predicted octanol–water partition coefficient (Wildman–Crippen LogP) is 0.553. The lowest BCUT2D eigenvalue weighted by Crippen LogP contribution is -2.26. The van der Waals surface area contributed by atoms with E-state index in [2.05, 4.69) is 15.3 Å². The van der Waals surface area contributed by atoms with Crippen molar-refractivity contribution < 1.29 is 4.74 Å². The fraction of sp³-hybridized carbons (Fsp3) is 0.556. The number of nitrogens with two attached hydrogens (primary N) is 1. The summed E-state index contributed by atoms with van der Waals surface area (Å²) in [6, 6.07) is 1.85. The standard InChI is InChI=1S/C9H16N4O/c1-6(10)5-11-9-12-7(2)4-8(13-9)14-3/h4,6H,5,10H2,1-3H3,(H,11,12,13). The lowest BCUT2D eigenvalue weighted by atomic mass is 10.4. The Bertz CT molecular complexity index is 301. The quantitative estimate of drug-likeness (QED) is 0.735. The van der Waals surface area contributed by atoms with Crippen molar-refractivity contribution in [3.8, 4) is 5.88 Å². The Kier molecular flexibility index (Phi) is 3.64. The number of hydrogen-bond acceptors (Lipinski definition) is 5. The van der Waals surface area contributed by atoms with Crippen molar-refractivity contribution in [3.05, 3.63) is 11.8 Å². The third-order valence-electron chi connectivity index (χ3n) is 1.62. The van der Waals surface area contributed by atoms with E-state index in [1.165, 1.54) is 0 Å². The van der Waals surface area contributed by atoms with Crippen LogP contribution in [0.15, 0.2) is 6.07 Å². The van der Waals surface area contributed by atoms with Crippen molar-refractivity contribution in [2.75, 3.05) is 19.0 Å². The highest BCUT2D eigenvalue weighted by atomic mass is 16.5. The fourth-order valence-electron chi connectivity index (χ4n) is 0.976. The third kappa shape index (κ3) is 3.18. The molecule has 0 radical (unpaired) electrons. The molecule has 0 spiro atoms. The zero-order valence-electron chi connectivity index (χ0n) is 8.74. The summed E-state index contributed by atoms with van der Waals surface area (Å²) in [7, 11) is 1.58. The molecule has 1 aromatic rings. The van der Waals surface area contributed by atoms with Gasteiger partial charge in [0.15, 0.2) is 0 Å². The van der Waals surface area contributed by atoms with Gasteiger partial charge >= 0.3 is 0 Å². The third-order valence-corrected chi connectivity index (χ3v) is 1.62. The number of anilines is 1. The van der Waals surface area contributed by atoms with Crippen LogP contribution in [0.3, 0.4) is 0 Å². The van der Waals surface area contributed by atoms with Gasteiger partial charge in [0.25, 0.3) is 0 Å². The highest BCUT2D eigenvalue weighted by Gasteiger charge is 2.02. The SMILES string of the molecule is COc1cc(C)nc(NCC(C)N)n1. The molecule has 3 N–H and O–H groups in total. The molecule has 0 bridgehead atoms. The first-order valence-electron chi connectivity index (χ1n) is 4.51. The molecule has 0 saturated carbocycles. The lowest BCUT2D eigenvalue weighted by molar-refractivity contribution is 0.397. The van der Waals surface area contributed by atoms with Crippen LogP contribution >= 0.6 is 0 Å². The first-order chi connectivity index (χ1) is 6.61. The van der Waals surface area contributed by atoms with E-state index in [0.29, 0.717) is 18.4 Å². The smallest absolute Gasteiger partial charge is 0.226 e. The Balaban J connectivity index is 2.71.